The highest BCUT2D eigenvalue weighted by Gasteiger charge is 2.40. The monoisotopic (exact) mass is 221 g/mol. The Hall–Kier alpha value is -0.370. The third kappa shape index (κ3) is 2.17. The third-order valence-electron chi connectivity index (χ3n) is 5.01. The Labute approximate surface area is 98.2 Å². The standard InChI is InChI=1S/C14H23NO/c16-14(9-13-2-1-5-15-13)8-12-7-10-3-4-11(12)6-10/h10-13,15H,1-9H2. The molecule has 1 aliphatic heterocycles. The van der Waals surface area contributed by atoms with E-state index in [0.29, 0.717) is 11.8 Å². The molecule has 2 saturated carbocycles. The molecule has 90 valence electrons. The summed E-state index contributed by atoms with van der Waals surface area (Å²) >= 11 is 0. The predicted molar refractivity (Wildman–Crippen MR) is 64.2 cm³/mol. The molecule has 0 aromatic carbocycles. The van der Waals surface area contributed by atoms with Crippen molar-refractivity contribution in [3.05, 3.63) is 0 Å². The van der Waals surface area contributed by atoms with Gasteiger partial charge in [-0.15, -0.1) is 0 Å². The average Bonchev–Trinajstić information content (AvgIpc) is 2.92. The molecule has 16 heavy (non-hydrogen) atoms. The Bertz CT molecular complexity index is 270. The summed E-state index contributed by atoms with van der Waals surface area (Å²) in [7, 11) is 0. The van der Waals surface area contributed by atoms with E-state index in [2.05, 4.69) is 5.32 Å². The lowest BCUT2D eigenvalue weighted by atomic mass is 9.84. The molecule has 3 aliphatic rings. The zero-order valence-corrected chi connectivity index (χ0v) is 10.1. The lowest BCUT2D eigenvalue weighted by molar-refractivity contribution is -0.120. The maximum Gasteiger partial charge on any atom is 0.134 e. The van der Waals surface area contributed by atoms with Crippen LogP contribution in [0.4, 0.5) is 0 Å². The summed E-state index contributed by atoms with van der Waals surface area (Å²) in [5, 5.41) is 3.43. The smallest absolute Gasteiger partial charge is 0.134 e. The fourth-order valence-electron chi connectivity index (χ4n) is 4.21. The molecule has 2 nitrogen and oxygen atoms in total. The first-order chi connectivity index (χ1) is 7.81. The molecule has 4 unspecified atom stereocenters. The van der Waals surface area contributed by atoms with E-state index >= 15 is 0 Å². The van der Waals surface area contributed by atoms with Gasteiger partial charge < -0.3 is 5.32 Å². The van der Waals surface area contributed by atoms with Crippen LogP contribution in [0.2, 0.25) is 0 Å². The van der Waals surface area contributed by atoms with Gasteiger partial charge in [0.15, 0.2) is 0 Å². The summed E-state index contributed by atoms with van der Waals surface area (Å²) in [6.07, 6.45) is 9.79. The van der Waals surface area contributed by atoms with Crippen LogP contribution in [0.3, 0.4) is 0 Å². The van der Waals surface area contributed by atoms with Gasteiger partial charge in [-0.2, -0.15) is 0 Å². The van der Waals surface area contributed by atoms with Crippen molar-refractivity contribution >= 4 is 5.78 Å². The second kappa shape index (κ2) is 4.48. The van der Waals surface area contributed by atoms with Crippen molar-refractivity contribution in [3.63, 3.8) is 0 Å². The highest BCUT2D eigenvalue weighted by Crippen LogP contribution is 2.49. The van der Waals surface area contributed by atoms with Gasteiger partial charge in [0.05, 0.1) is 0 Å². The van der Waals surface area contributed by atoms with E-state index in [-0.39, 0.29) is 0 Å². The van der Waals surface area contributed by atoms with Crippen LogP contribution in [0.25, 0.3) is 0 Å². The molecule has 1 saturated heterocycles. The molecule has 0 aromatic heterocycles. The van der Waals surface area contributed by atoms with E-state index in [9.17, 15) is 4.79 Å². The molecule has 3 fully saturated rings. The minimum atomic E-state index is 0.506. The molecule has 0 spiro atoms. The van der Waals surface area contributed by atoms with Crippen LogP contribution in [-0.2, 0) is 4.79 Å². The van der Waals surface area contributed by atoms with Crippen molar-refractivity contribution in [2.75, 3.05) is 6.54 Å². The van der Waals surface area contributed by atoms with E-state index < -0.39 is 0 Å². The number of nitrogens with one attached hydrogen (secondary N) is 1. The zero-order chi connectivity index (χ0) is 11.0. The predicted octanol–water partition coefficient (Wildman–Crippen LogP) is 2.52. The summed E-state index contributed by atoms with van der Waals surface area (Å²) in [5.41, 5.74) is 0. The van der Waals surface area contributed by atoms with Crippen molar-refractivity contribution in [1.29, 1.82) is 0 Å². The van der Waals surface area contributed by atoms with Crippen LogP contribution in [-0.4, -0.2) is 18.4 Å². The Kier molecular flexibility index (Phi) is 3.01. The second-order valence-electron chi connectivity index (χ2n) is 6.18. The van der Waals surface area contributed by atoms with Gasteiger partial charge in [0.1, 0.15) is 5.78 Å². The first-order valence-electron chi connectivity index (χ1n) is 7.06. The molecular weight excluding hydrogens is 198 g/mol. The molecule has 0 radical (unpaired) electrons. The van der Waals surface area contributed by atoms with Crippen molar-refractivity contribution in [3.8, 4) is 0 Å². The van der Waals surface area contributed by atoms with Gasteiger partial charge in [-0.05, 0) is 56.4 Å². The van der Waals surface area contributed by atoms with Gasteiger partial charge in [-0.3, -0.25) is 4.79 Å². The zero-order valence-electron chi connectivity index (χ0n) is 10.1. The topological polar surface area (TPSA) is 29.1 Å². The van der Waals surface area contributed by atoms with Crippen molar-refractivity contribution in [2.24, 2.45) is 17.8 Å². The van der Waals surface area contributed by atoms with Crippen LogP contribution >= 0.6 is 0 Å². The number of carbonyl (C=O) groups excluding carboxylic acids is 1. The first kappa shape index (κ1) is 10.8. The number of hydrogen-bond acceptors (Lipinski definition) is 2. The molecule has 0 aromatic rings. The van der Waals surface area contributed by atoms with Gasteiger partial charge in [0, 0.05) is 18.9 Å². The van der Waals surface area contributed by atoms with Crippen LogP contribution in [0.15, 0.2) is 0 Å². The summed E-state index contributed by atoms with van der Waals surface area (Å²) in [6.45, 7) is 1.12. The van der Waals surface area contributed by atoms with E-state index in [1.165, 1.54) is 38.5 Å². The highest BCUT2D eigenvalue weighted by molar-refractivity contribution is 5.79. The fourth-order valence-corrected chi connectivity index (χ4v) is 4.21. The normalized spacial score (nSPS) is 41.8. The number of fused-ring (bicyclic) bond motifs is 2. The fraction of sp³-hybridized carbons (Fsp3) is 0.929. The highest BCUT2D eigenvalue weighted by atomic mass is 16.1. The minimum absolute atomic E-state index is 0.506. The van der Waals surface area contributed by atoms with Crippen LogP contribution in [0, 0.1) is 17.8 Å². The summed E-state index contributed by atoms with van der Waals surface area (Å²) in [6, 6.07) is 0.506. The third-order valence-corrected chi connectivity index (χ3v) is 5.01. The molecule has 2 bridgehead atoms. The van der Waals surface area contributed by atoms with E-state index in [4.69, 9.17) is 0 Å². The minimum Gasteiger partial charge on any atom is -0.314 e. The largest absolute Gasteiger partial charge is 0.314 e. The van der Waals surface area contributed by atoms with Crippen molar-refractivity contribution < 1.29 is 4.79 Å². The average molecular weight is 221 g/mol. The Balaban J connectivity index is 1.45. The molecule has 2 heteroatoms. The number of hydrogen-bond donors (Lipinski definition) is 1. The number of rotatable bonds is 4. The molecule has 0 amide bonds. The van der Waals surface area contributed by atoms with Crippen LogP contribution in [0.5, 0.6) is 0 Å². The molecule has 3 rings (SSSR count). The van der Waals surface area contributed by atoms with E-state index in [1.807, 2.05) is 0 Å². The number of carbonyl (C=O) groups is 1. The quantitative estimate of drug-likeness (QED) is 0.790. The Morgan fingerprint density at radius 2 is 2.06 bits per heavy atom. The first-order valence-corrected chi connectivity index (χ1v) is 7.06. The maximum atomic E-state index is 12.0. The molecule has 1 heterocycles. The maximum absolute atomic E-state index is 12.0. The number of ketones is 1. The summed E-state index contributed by atoms with van der Waals surface area (Å²) in [5.74, 6) is 3.17. The number of Topliss-reactive ketones (excluding diaryl/α,β-unsaturated/α-hetero) is 1. The molecule has 4 atom stereocenters. The van der Waals surface area contributed by atoms with Crippen LogP contribution in [0.1, 0.15) is 51.4 Å². The van der Waals surface area contributed by atoms with Crippen molar-refractivity contribution in [2.45, 2.75) is 57.4 Å². The summed E-state index contributed by atoms with van der Waals surface area (Å²) < 4.78 is 0. The van der Waals surface area contributed by atoms with Crippen LogP contribution < -0.4 is 5.32 Å². The SMILES string of the molecule is O=C(CC1CCCN1)CC1CC2CCC1C2. The Morgan fingerprint density at radius 1 is 1.12 bits per heavy atom. The second-order valence-corrected chi connectivity index (χ2v) is 6.18. The van der Waals surface area contributed by atoms with Gasteiger partial charge in [-0.25, -0.2) is 0 Å². The van der Waals surface area contributed by atoms with Gasteiger partial charge >= 0.3 is 0 Å². The van der Waals surface area contributed by atoms with E-state index in [0.717, 1.165) is 37.1 Å². The van der Waals surface area contributed by atoms with Gasteiger partial charge in [0.2, 0.25) is 0 Å². The van der Waals surface area contributed by atoms with Gasteiger partial charge in [-0.1, -0.05) is 6.42 Å². The van der Waals surface area contributed by atoms with E-state index in [1.54, 1.807) is 0 Å². The molecular formula is C14H23NO. The lowest BCUT2D eigenvalue weighted by Gasteiger charge is -2.21. The molecule has 2 aliphatic carbocycles. The summed E-state index contributed by atoms with van der Waals surface area (Å²) in [4.78, 5) is 12.0. The van der Waals surface area contributed by atoms with Crippen molar-refractivity contribution in [1.82, 2.24) is 5.32 Å². The lowest BCUT2D eigenvalue weighted by Crippen LogP contribution is -2.26. The molecule has 1 N–H and O–H groups in total. The van der Waals surface area contributed by atoms with Gasteiger partial charge in [0.25, 0.3) is 0 Å². The Morgan fingerprint density at radius 3 is 2.69 bits per heavy atom.